The Kier molecular flexibility index (Phi) is 23.4. The number of rotatable bonds is 21. The topological polar surface area (TPSA) is 151 Å². The normalized spacial score (nSPS) is 11.7. The molecule has 0 amide bonds. The maximum atomic E-state index is 12.6. The lowest BCUT2D eigenvalue weighted by Gasteiger charge is -2.34. The molecule has 0 saturated carbocycles. The Morgan fingerprint density at radius 1 is 0.356 bits per heavy atom. The van der Waals surface area contributed by atoms with Crippen LogP contribution in [0.4, 0.5) is 14.4 Å². The fraction of sp³-hybridized carbons (Fsp3) is 0.307. The summed E-state index contributed by atoms with van der Waals surface area (Å²) in [5.74, 6) is 3.52. The Morgan fingerprint density at radius 2 is 0.644 bits per heavy atom. The number of methoxy groups -OCH3 is 1. The number of ether oxygens (including phenoxy) is 8. The molecule has 8 rings (SSSR count). The molecule has 0 saturated heterocycles. The molecule has 15 heteroatoms. The summed E-state index contributed by atoms with van der Waals surface area (Å²) in [6.45, 7) is 27.6. The average Bonchev–Trinajstić information content (AvgIpc) is 0.973. The third-order valence-corrected chi connectivity index (χ3v) is 22.8. The largest absolute Gasteiger partial charge is 0.519 e. The summed E-state index contributed by atoms with van der Waals surface area (Å²) in [6, 6.07) is 61.6. The van der Waals surface area contributed by atoms with Crippen molar-refractivity contribution in [1.29, 1.82) is 0 Å². The van der Waals surface area contributed by atoms with Crippen LogP contribution in [-0.2, 0) is 38.0 Å². The number of para-hydroxylation sites is 2. The highest BCUT2D eigenvalue weighted by Gasteiger charge is 2.33. The molecule has 0 radical (unpaired) electrons. The van der Waals surface area contributed by atoms with Gasteiger partial charge in [0, 0.05) is 12.3 Å². The summed E-state index contributed by atoms with van der Waals surface area (Å²) in [5, 5.41) is 0. The van der Waals surface area contributed by atoms with Crippen molar-refractivity contribution in [2.24, 2.45) is 0 Å². The monoisotopic (exact) mass is 1250 g/mol. The van der Waals surface area contributed by atoms with E-state index in [9.17, 15) is 19.2 Å². The minimum Gasteiger partial charge on any atom is -0.496 e. The van der Waals surface area contributed by atoms with E-state index < -0.39 is 40.5 Å². The van der Waals surface area contributed by atoms with E-state index in [0.717, 1.165) is 76.9 Å². The molecule has 0 bridgehead atoms. The first-order chi connectivity index (χ1) is 42.5. The summed E-state index contributed by atoms with van der Waals surface area (Å²) in [4.78, 5) is 48.6. The van der Waals surface area contributed by atoms with Gasteiger partial charge in [0.2, 0.25) is 0 Å². The first kappa shape index (κ1) is 68.7. The smallest absolute Gasteiger partial charge is 0.496 e. The average molecular weight is 1250 g/mol. The van der Waals surface area contributed by atoms with Crippen LogP contribution in [0.15, 0.2) is 194 Å². The van der Waals surface area contributed by atoms with Gasteiger partial charge >= 0.3 is 24.4 Å². The van der Waals surface area contributed by atoms with Gasteiger partial charge in [0.15, 0.2) is 16.6 Å². The minimum absolute atomic E-state index is 0.0000127. The number of carbonyl (C=O) groups is 4. The molecular weight excluding hydrogens is 1160 g/mol. The highest BCUT2D eigenvalue weighted by Crippen LogP contribution is 2.35. The molecule has 0 spiro atoms. The van der Waals surface area contributed by atoms with E-state index in [1.54, 1.807) is 67.8 Å². The molecular formula is C75H86O13Si2. The zero-order chi connectivity index (χ0) is 65.3. The highest BCUT2D eigenvalue weighted by molar-refractivity contribution is 6.84. The van der Waals surface area contributed by atoms with Gasteiger partial charge in [0.25, 0.3) is 0 Å². The van der Waals surface area contributed by atoms with Crippen molar-refractivity contribution < 1.29 is 61.2 Å². The molecule has 0 N–H and O–H groups in total. The second-order valence-corrected chi connectivity index (χ2v) is 34.8. The summed E-state index contributed by atoms with van der Waals surface area (Å²) < 4.78 is 50.0. The summed E-state index contributed by atoms with van der Waals surface area (Å²) in [7, 11) is -1.92. The van der Waals surface area contributed by atoms with Gasteiger partial charge in [0.1, 0.15) is 46.0 Å². The van der Waals surface area contributed by atoms with Gasteiger partial charge in [-0.3, -0.25) is 4.79 Å². The Morgan fingerprint density at radius 3 is 0.978 bits per heavy atom. The van der Waals surface area contributed by atoms with Crippen LogP contribution in [0.25, 0.3) is 11.1 Å². The van der Waals surface area contributed by atoms with Crippen molar-refractivity contribution in [1.82, 2.24) is 0 Å². The molecule has 0 aromatic heterocycles. The van der Waals surface area contributed by atoms with Gasteiger partial charge in [-0.2, -0.15) is 0 Å². The molecule has 0 aliphatic rings. The summed E-state index contributed by atoms with van der Waals surface area (Å²) in [5.41, 5.74) is 8.00. The Bertz CT molecular complexity index is 3640. The van der Waals surface area contributed by atoms with Crippen molar-refractivity contribution in [2.75, 3.05) is 7.11 Å². The lowest BCUT2D eigenvalue weighted by Crippen LogP contribution is -2.44. The molecule has 8 aromatic rings. The Hall–Kier alpha value is -8.77. The Labute approximate surface area is 533 Å². The van der Waals surface area contributed by atoms with Crippen LogP contribution in [0.5, 0.6) is 46.0 Å². The summed E-state index contributed by atoms with van der Waals surface area (Å²) in [6.07, 6.45) is 1.51. The van der Waals surface area contributed by atoms with E-state index in [0.29, 0.717) is 40.2 Å². The van der Waals surface area contributed by atoms with E-state index in [1.165, 1.54) is 18.1 Å². The van der Waals surface area contributed by atoms with Crippen molar-refractivity contribution in [3.05, 3.63) is 228 Å². The third kappa shape index (κ3) is 21.2. The number of hydrogen-bond acceptors (Lipinski definition) is 13. The SMILES string of the molecule is CC(=O)Oc1ccc(-c2ccc(OC(=O)Oc3ccc(C(C)(C)c4ccc(OC(=O)Oc5ccc(C(C)(C)C)cc5)cc4)cc3)cc2)cc1.COc1ccccc1CCC[Si](C)(C)O[Si](C)(C)CCCc1ccccc1OC(=O)Oc1ccc(C(C)(C)C)cc1. The molecule has 0 atom stereocenters. The number of esters is 1. The van der Waals surface area contributed by atoms with Crippen LogP contribution >= 0.6 is 0 Å². The third-order valence-electron chi connectivity index (χ3n) is 15.3. The molecule has 8 aromatic carbocycles. The molecule has 0 heterocycles. The molecule has 0 aliphatic carbocycles. The second-order valence-electron chi connectivity index (χ2n) is 26.0. The van der Waals surface area contributed by atoms with Crippen LogP contribution in [0, 0.1) is 0 Å². The van der Waals surface area contributed by atoms with E-state index in [4.69, 9.17) is 42.0 Å². The second kappa shape index (κ2) is 30.6. The van der Waals surface area contributed by atoms with E-state index in [1.807, 2.05) is 121 Å². The fourth-order valence-electron chi connectivity index (χ4n) is 10.3. The maximum absolute atomic E-state index is 12.6. The predicted octanol–water partition coefficient (Wildman–Crippen LogP) is 19.6. The number of carbonyl (C=O) groups excluding carboxylic acids is 4. The van der Waals surface area contributed by atoms with Gasteiger partial charge < -0.3 is 42.0 Å². The van der Waals surface area contributed by atoms with Crippen LogP contribution < -0.4 is 37.9 Å². The number of hydrogen-bond donors (Lipinski definition) is 0. The maximum Gasteiger partial charge on any atom is 0.519 e. The number of aryl methyl sites for hydroxylation is 2. The van der Waals surface area contributed by atoms with Crippen molar-refractivity contribution in [3.63, 3.8) is 0 Å². The van der Waals surface area contributed by atoms with Crippen molar-refractivity contribution >= 4 is 41.1 Å². The van der Waals surface area contributed by atoms with Crippen molar-refractivity contribution in [2.45, 2.75) is 143 Å². The van der Waals surface area contributed by atoms with Crippen LogP contribution in [0.3, 0.4) is 0 Å². The van der Waals surface area contributed by atoms with Gasteiger partial charge in [-0.1, -0.05) is 165 Å². The first-order valence-electron chi connectivity index (χ1n) is 30.4. The molecule has 472 valence electrons. The molecule has 0 aliphatic heterocycles. The quantitative estimate of drug-likeness (QED) is 0.0291. The van der Waals surface area contributed by atoms with Gasteiger partial charge in [-0.25, -0.2) is 14.4 Å². The lowest BCUT2D eigenvalue weighted by atomic mass is 9.78. The van der Waals surface area contributed by atoms with Crippen molar-refractivity contribution in [3.8, 4) is 57.1 Å². The lowest BCUT2D eigenvalue weighted by molar-refractivity contribution is -0.131. The van der Waals surface area contributed by atoms with E-state index in [-0.39, 0.29) is 16.8 Å². The molecule has 0 unspecified atom stereocenters. The van der Waals surface area contributed by atoms with E-state index >= 15 is 0 Å². The standard InChI is InChI=1S/C41H38O8.C34H48O5Si2/c1-27(42)45-33-17-7-28(8-18-33)29-9-19-34(20-10-29)46-38(43)48-36-23-13-31(14-24-36)41(5,6)32-15-25-37(26-16-32)49-39(44)47-35-21-11-30(12-22-35)40(2,3)4;1-34(2,3)29-21-23-30(24-22-29)37-33(35)38-32-20-12-10-16-28(32)18-14-26-41(7,8)39-40(5,6)25-13-17-27-15-9-11-19-31(27)36-4/h7-26H,1-6H3;9-12,15-16,19-24H,13-14,17-18,25-26H2,1-8H3. The molecule has 0 fully saturated rings. The summed E-state index contributed by atoms with van der Waals surface area (Å²) >= 11 is 0. The highest BCUT2D eigenvalue weighted by atomic mass is 28.4. The fourth-order valence-corrected chi connectivity index (χ4v) is 19.2. The zero-order valence-electron chi connectivity index (χ0n) is 54.5. The van der Waals surface area contributed by atoms with Crippen LogP contribution in [0.2, 0.25) is 38.3 Å². The van der Waals surface area contributed by atoms with Gasteiger partial charge in [-0.05, 0) is 204 Å². The molecule has 90 heavy (non-hydrogen) atoms. The van der Waals surface area contributed by atoms with E-state index in [2.05, 4.69) is 93.7 Å². The zero-order valence-corrected chi connectivity index (χ0v) is 56.5. The minimum atomic E-state index is -1.85. The predicted molar refractivity (Wildman–Crippen MR) is 360 cm³/mol. The number of benzene rings is 8. The first-order valence-corrected chi connectivity index (χ1v) is 36.7. The van der Waals surface area contributed by atoms with Crippen LogP contribution in [0.1, 0.15) is 109 Å². The Balaban J connectivity index is 0.000000260. The van der Waals surface area contributed by atoms with Gasteiger partial charge in [-0.15, -0.1) is 0 Å². The molecule has 13 nitrogen and oxygen atoms in total. The van der Waals surface area contributed by atoms with Crippen LogP contribution in [-0.4, -0.2) is 48.2 Å². The van der Waals surface area contributed by atoms with Gasteiger partial charge in [0.05, 0.1) is 7.11 Å².